The molecule has 0 aromatic heterocycles. The molecular formula is C14H26N2O3. The fourth-order valence-corrected chi connectivity index (χ4v) is 2.63. The summed E-state index contributed by atoms with van der Waals surface area (Å²) in [5.41, 5.74) is 5.67. The molecule has 0 aromatic rings. The van der Waals surface area contributed by atoms with E-state index >= 15 is 0 Å². The minimum Gasteiger partial charge on any atom is -0.481 e. The van der Waals surface area contributed by atoms with Gasteiger partial charge in [-0.1, -0.05) is 19.8 Å². The molecule has 0 aliphatic heterocycles. The Kier molecular flexibility index (Phi) is 6.28. The van der Waals surface area contributed by atoms with Crippen molar-refractivity contribution in [3.63, 3.8) is 0 Å². The number of carbonyl (C=O) groups is 2. The smallest absolute Gasteiger partial charge is 0.308 e. The zero-order chi connectivity index (χ0) is 14.4. The van der Waals surface area contributed by atoms with Crippen LogP contribution in [0.5, 0.6) is 0 Å². The molecule has 1 amide bonds. The van der Waals surface area contributed by atoms with E-state index in [2.05, 4.69) is 5.32 Å². The largest absolute Gasteiger partial charge is 0.481 e. The lowest BCUT2D eigenvalue weighted by molar-refractivity contribution is -0.142. The molecule has 1 aliphatic rings. The van der Waals surface area contributed by atoms with Gasteiger partial charge in [0, 0.05) is 18.0 Å². The van der Waals surface area contributed by atoms with E-state index in [1.807, 2.05) is 13.8 Å². The molecule has 4 unspecified atom stereocenters. The molecule has 4 atom stereocenters. The average molecular weight is 270 g/mol. The van der Waals surface area contributed by atoms with Crippen molar-refractivity contribution >= 4 is 11.9 Å². The van der Waals surface area contributed by atoms with E-state index in [-0.39, 0.29) is 23.9 Å². The molecule has 1 fully saturated rings. The number of carboxylic acid groups (broad SMARTS) is 1. The van der Waals surface area contributed by atoms with Gasteiger partial charge in [-0.25, -0.2) is 0 Å². The highest BCUT2D eigenvalue weighted by Crippen LogP contribution is 2.26. The van der Waals surface area contributed by atoms with Gasteiger partial charge in [-0.05, 0) is 32.6 Å². The molecule has 0 aromatic carbocycles. The summed E-state index contributed by atoms with van der Waals surface area (Å²) in [5, 5.41) is 12.0. The molecule has 1 aliphatic carbocycles. The molecule has 0 saturated heterocycles. The third-order valence-corrected chi connectivity index (χ3v) is 3.90. The van der Waals surface area contributed by atoms with Crippen LogP contribution in [0.3, 0.4) is 0 Å². The van der Waals surface area contributed by atoms with Crippen molar-refractivity contribution in [2.24, 2.45) is 17.6 Å². The third kappa shape index (κ3) is 5.19. The average Bonchev–Trinajstić information content (AvgIpc) is 2.76. The van der Waals surface area contributed by atoms with Gasteiger partial charge in [0.1, 0.15) is 0 Å². The first kappa shape index (κ1) is 16.0. The van der Waals surface area contributed by atoms with Gasteiger partial charge >= 0.3 is 5.97 Å². The van der Waals surface area contributed by atoms with E-state index in [1.54, 1.807) is 0 Å². The minimum absolute atomic E-state index is 0.0252. The van der Waals surface area contributed by atoms with Crippen molar-refractivity contribution in [1.29, 1.82) is 0 Å². The summed E-state index contributed by atoms with van der Waals surface area (Å²) in [6.45, 7) is 3.85. The normalized spacial score (nSPS) is 25.8. The third-order valence-electron chi connectivity index (χ3n) is 3.90. The molecule has 0 bridgehead atoms. The number of hydrogen-bond acceptors (Lipinski definition) is 3. The van der Waals surface area contributed by atoms with Gasteiger partial charge in [-0.3, -0.25) is 9.59 Å². The van der Waals surface area contributed by atoms with Gasteiger partial charge in [-0.15, -0.1) is 0 Å². The first-order chi connectivity index (χ1) is 8.91. The molecule has 5 heteroatoms. The molecule has 110 valence electrons. The number of amides is 1. The van der Waals surface area contributed by atoms with Gasteiger partial charge < -0.3 is 16.2 Å². The molecule has 19 heavy (non-hydrogen) atoms. The summed E-state index contributed by atoms with van der Waals surface area (Å²) in [4.78, 5) is 23.1. The number of carbonyl (C=O) groups excluding carboxylic acids is 1. The van der Waals surface area contributed by atoms with Gasteiger partial charge in [0.15, 0.2) is 0 Å². The summed E-state index contributed by atoms with van der Waals surface area (Å²) < 4.78 is 0. The lowest BCUT2D eigenvalue weighted by Gasteiger charge is -2.20. The second-order valence-electron chi connectivity index (χ2n) is 5.80. The zero-order valence-corrected chi connectivity index (χ0v) is 11.9. The maximum atomic E-state index is 12.0. The minimum atomic E-state index is -0.799. The Hall–Kier alpha value is -1.10. The van der Waals surface area contributed by atoms with Crippen LogP contribution in [0.4, 0.5) is 0 Å². The fourth-order valence-electron chi connectivity index (χ4n) is 2.63. The second-order valence-corrected chi connectivity index (χ2v) is 5.80. The molecule has 5 nitrogen and oxygen atoms in total. The van der Waals surface area contributed by atoms with Gasteiger partial charge in [0.25, 0.3) is 0 Å². The van der Waals surface area contributed by atoms with E-state index in [4.69, 9.17) is 10.8 Å². The number of rotatable bonds is 7. The first-order valence-corrected chi connectivity index (χ1v) is 7.20. The molecule has 4 N–H and O–H groups in total. The Morgan fingerprint density at radius 3 is 2.58 bits per heavy atom. The Balaban J connectivity index is 2.35. The van der Waals surface area contributed by atoms with Gasteiger partial charge in [0.05, 0.1) is 5.92 Å². The van der Waals surface area contributed by atoms with Crippen LogP contribution in [0, 0.1) is 11.8 Å². The van der Waals surface area contributed by atoms with Crippen molar-refractivity contribution in [2.75, 3.05) is 0 Å². The van der Waals surface area contributed by atoms with Crippen LogP contribution in [-0.4, -0.2) is 29.1 Å². The maximum Gasteiger partial charge on any atom is 0.308 e. The number of carboxylic acids is 1. The van der Waals surface area contributed by atoms with E-state index in [1.165, 1.54) is 0 Å². The Bertz CT molecular complexity index is 318. The van der Waals surface area contributed by atoms with Crippen molar-refractivity contribution in [3.8, 4) is 0 Å². The number of hydrogen-bond donors (Lipinski definition) is 3. The van der Waals surface area contributed by atoms with Crippen LogP contribution in [0.2, 0.25) is 0 Å². The lowest BCUT2D eigenvalue weighted by atomic mass is 9.99. The van der Waals surface area contributed by atoms with Gasteiger partial charge in [0.2, 0.25) is 5.91 Å². The summed E-state index contributed by atoms with van der Waals surface area (Å²) >= 11 is 0. The predicted octanol–water partition coefficient (Wildman–Crippen LogP) is 1.51. The Morgan fingerprint density at radius 2 is 2.00 bits per heavy atom. The summed E-state index contributed by atoms with van der Waals surface area (Å²) in [6, 6.07) is -0.0256. The molecule has 0 spiro atoms. The molecule has 1 rings (SSSR count). The monoisotopic (exact) mass is 270 g/mol. The maximum absolute atomic E-state index is 12.0. The van der Waals surface area contributed by atoms with Gasteiger partial charge in [-0.2, -0.15) is 0 Å². The highest BCUT2D eigenvalue weighted by molar-refractivity contribution is 5.80. The van der Waals surface area contributed by atoms with Crippen molar-refractivity contribution in [2.45, 2.75) is 64.5 Å². The standard InChI is InChI=1S/C14H26N2O3/c1-9(5-3-6-10(2)15)13(17)16-12-8-4-7-11(12)14(18)19/h9-12H,3-8,15H2,1-2H3,(H,16,17)(H,18,19). The summed E-state index contributed by atoms with van der Waals surface area (Å²) in [6.07, 6.45) is 4.96. The van der Waals surface area contributed by atoms with E-state index in [0.717, 1.165) is 32.1 Å². The van der Waals surface area contributed by atoms with Crippen LogP contribution in [0.25, 0.3) is 0 Å². The fraction of sp³-hybridized carbons (Fsp3) is 0.857. The van der Waals surface area contributed by atoms with E-state index < -0.39 is 11.9 Å². The summed E-state index contributed by atoms with van der Waals surface area (Å²) in [5.74, 6) is -1.32. The van der Waals surface area contributed by atoms with Crippen LogP contribution in [-0.2, 0) is 9.59 Å². The van der Waals surface area contributed by atoms with Crippen LogP contribution < -0.4 is 11.1 Å². The Morgan fingerprint density at radius 1 is 1.32 bits per heavy atom. The van der Waals surface area contributed by atoms with E-state index in [9.17, 15) is 9.59 Å². The van der Waals surface area contributed by atoms with Crippen molar-refractivity contribution in [1.82, 2.24) is 5.32 Å². The van der Waals surface area contributed by atoms with Crippen LogP contribution in [0.15, 0.2) is 0 Å². The molecular weight excluding hydrogens is 244 g/mol. The van der Waals surface area contributed by atoms with E-state index in [0.29, 0.717) is 6.42 Å². The predicted molar refractivity (Wildman–Crippen MR) is 73.6 cm³/mol. The molecule has 0 heterocycles. The lowest BCUT2D eigenvalue weighted by Crippen LogP contribution is -2.42. The molecule has 0 radical (unpaired) electrons. The van der Waals surface area contributed by atoms with Crippen LogP contribution >= 0.6 is 0 Å². The summed E-state index contributed by atoms with van der Waals surface area (Å²) in [7, 11) is 0. The number of nitrogens with one attached hydrogen (secondary N) is 1. The highest BCUT2D eigenvalue weighted by atomic mass is 16.4. The van der Waals surface area contributed by atoms with Crippen molar-refractivity contribution in [3.05, 3.63) is 0 Å². The number of aliphatic carboxylic acids is 1. The first-order valence-electron chi connectivity index (χ1n) is 7.20. The van der Waals surface area contributed by atoms with Crippen LogP contribution in [0.1, 0.15) is 52.4 Å². The highest BCUT2D eigenvalue weighted by Gasteiger charge is 2.34. The topological polar surface area (TPSA) is 92.4 Å². The quantitative estimate of drug-likeness (QED) is 0.654. The van der Waals surface area contributed by atoms with Crippen molar-refractivity contribution < 1.29 is 14.7 Å². The number of nitrogens with two attached hydrogens (primary N) is 1. The second kappa shape index (κ2) is 7.48. The molecule has 1 saturated carbocycles. The zero-order valence-electron chi connectivity index (χ0n) is 11.9. The Labute approximate surface area is 114 Å². The SMILES string of the molecule is CC(N)CCCC(C)C(=O)NC1CCCC1C(=O)O.